The van der Waals surface area contributed by atoms with E-state index in [-0.39, 0.29) is 23.7 Å². The highest BCUT2D eigenvalue weighted by Gasteiger charge is 2.27. The van der Waals surface area contributed by atoms with Gasteiger partial charge >= 0.3 is 0 Å². The molecule has 2 heterocycles. The quantitative estimate of drug-likeness (QED) is 0.808. The number of rotatable bonds is 4. The summed E-state index contributed by atoms with van der Waals surface area (Å²) in [6.07, 6.45) is 1.11. The lowest BCUT2D eigenvalue weighted by atomic mass is 10.2. The Morgan fingerprint density at radius 2 is 1.96 bits per heavy atom. The van der Waals surface area contributed by atoms with Crippen molar-refractivity contribution in [3.8, 4) is 5.75 Å². The molecule has 0 aliphatic carbocycles. The van der Waals surface area contributed by atoms with Gasteiger partial charge in [0.05, 0.1) is 35.6 Å². The molecule has 1 aromatic heterocycles. The number of sulfonamides is 2. The van der Waals surface area contributed by atoms with Crippen LogP contribution in [0.5, 0.6) is 5.75 Å². The Bertz CT molecular complexity index is 1010. The third-order valence-corrected chi connectivity index (χ3v) is 6.59. The molecule has 1 aromatic carbocycles. The van der Waals surface area contributed by atoms with Gasteiger partial charge in [0.15, 0.2) is 0 Å². The first-order valence-corrected chi connectivity index (χ1v) is 10.7. The molecule has 11 heteroatoms. The Morgan fingerprint density at radius 3 is 2.56 bits per heavy atom. The van der Waals surface area contributed by atoms with E-state index in [9.17, 15) is 16.8 Å². The topological polar surface area (TPSA) is 121 Å². The Morgan fingerprint density at radius 1 is 1.24 bits per heavy atom. The van der Waals surface area contributed by atoms with Gasteiger partial charge in [-0.1, -0.05) is 0 Å². The van der Waals surface area contributed by atoms with E-state index in [2.05, 4.69) is 14.9 Å². The van der Waals surface area contributed by atoms with E-state index >= 15 is 0 Å². The molecule has 0 radical (unpaired) electrons. The van der Waals surface area contributed by atoms with Crippen LogP contribution < -0.4 is 13.8 Å². The van der Waals surface area contributed by atoms with Gasteiger partial charge in [-0.25, -0.2) is 16.8 Å². The summed E-state index contributed by atoms with van der Waals surface area (Å²) in [5.74, 6) is 0.303. The molecule has 0 amide bonds. The van der Waals surface area contributed by atoms with E-state index < -0.39 is 20.0 Å². The summed E-state index contributed by atoms with van der Waals surface area (Å²) in [4.78, 5) is 0.0869. The summed E-state index contributed by atoms with van der Waals surface area (Å²) in [5, 5.41) is 6.52. The predicted octanol–water partition coefficient (Wildman–Crippen LogP) is 0.986. The molecule has 0 saturated heterocycles. The lowest BCUT2D eigenvalue weighted by Crippen LogP contribution is -2.37. The van der Waals surface area contributed by atoms with Crippen molar-refractivity contribution in [1.82, 2.24) is 10.2 Å². The van der Waals surface area contributed by atoms with Crippen molar-refractivity contribution in [2.24, 2.45) is 0 Å². The van der Waals surface area contributed by atoms with Crippen LogP contribution in [0.15, 0.2) is 23.1 Å². The van der Waals surface area contributed by atoms with Gasteiger partial charge in [-0.05, 0) is 26.0 Å². The van der Waals surface area contributed by atoms with Crippen molar-refractivity contribution in [3.63, 3.8) is 0 Å². The van der Waals surface area contributed by atoms with E-state index in [0.717, 1.165) is 6.26 Å². The Labute approximate surface area is 146 Å². The number of benzene rings is 1. The van der Waals surface area contributed by atoms with E-state index in [4.69, 9.17) is 4.74 Å². The smallest absolute Gasteiger partial charge is 0.265 e. The highest BCUT2D eigenvalue weighted by molar-refractivity contribution is 7.93. The Balaban J connectivity index is 1.96. The highest BCUT2D eigenvalue weighted by atomic mass is 32.2. The molecule has 136 valence electrons. The largest absolute Gasteiger partial charge is 0.489 e. The second kappa shape index (κ2) is 5.92. The van der Waals surface area contributed by atoms with Gasteiger partial charge < -0.3 is 4.74 Å². The third-order valence-electron chi connectivity index (χ3n) is 3.76. The minimum Gasteiger partial charge on any atom is -0.489 e. The number of fused-ring (bicyclic) bond motifs is 1. The molecule has 1 aliphatic rings. The molecule has 0 saturated carbocycles. The number of nitrogens with zero attached hydrogens (tertiary/aromatic N) is 2. The Hall–Kier alpha value is -2.27. The molecule has 0 bridgehead atoms. The molecule has 9 nitrogen and oxygen atoms in total. The molecule has 1 aliphatic heterocycles. The van der Waals surface area contributed by atoms with E-state index in [1.54, 1.807) is 13.8 Å². The van der Waals surface area contributed by atoms with Crippen LogP contribution in [0.3, 0.4) is 0 Å². The van der Waals surface area contributed by atoms with Gasteiger partial charge in [-0.15, -0.1) is 0 Å². The zero-order valence-electron chi connectivity index (χ0n) is 13.9. The highest BCUT2D eigenvalue weighted by Crippen LogP contribution is 2.36. The number of aromatic nitrogens is 2. The minimum atomic E-state index is -3.83. The zero-order chi connectivity index (χ0) is 18.4. The molecule has 2 N–H and O–H groups in total. The van der Waals surface area contributed by atoms with Crippen LogP contribution in [0.4, 0.5) is 11.4 Å². The van der Waals surface area contributed by atoms with Gasteiger partial charge in [-0.2, -0.15) is 5.10 Å². The summed E-state index contributed by atoms with van der Waals surface area (Å²) >= 11 is 0. The summed E-state index contributed by atoms with van der Waals surface area (Å²) in [7, 11) is -7.26. The van der Waals surface area contributed by atoms with Gasteiger partial charge in [0, 0.05) is 6.07 Å². The molecule has 0 fully saturated rings. The maximum Gasteiger partial charge on any atom is 0.265 e. The number of aryl methyl sites for hydroxylation is 2. The molecule has 0 unspecified atom stereocenters. The van der Waals surface area contributed by atoms with Gasteiger partial charge in [0.1, 0.15) is 17.3 Å². The standard InChI is InChI=1S/C14H18N4O5S2/c1-9-14(10(2)16-15-9)25(21,22)17-11-4-5-12-13(8-11)23-7-6-18(12)24(3,19)20/h4-5,8,17H,6-7H2,1-3H3,(H,15,16). The average Bonchev–Trinajstić information content (AvgIpc) is 2.84. The van der Waals surface area contributed by atoms with Gasteiger partial charge in [-0.3, -0.25) is 14.1 Å². The fourth-order valence-electron chi connectivity index (χ4n) is 2.75. The molecular formula is C14H18N4O5S2. The number of H-pyrrole nitrogens is 1. The fourth-order valence-corrected chi connectivity index (χ4v) is 5.08. The SMILES string of the molecule is Cc1n[nH]c(C)c1S(=O)(=O)Nc1ccc2c(c1)OCCN2S(C)(=O)=O. The van der Waals surface area contributed by atoms with Crippen LogP contribution >= 0.6 is 0 Å². The van der Waals surface area contributed by atoms with Crippen LogP contribution in [-0.2, 0) is 20.0 Å². The summed E-state index contributed by atoms with van der Waals surface area (Å²) in [6.45, 7) is 3.62. The summed E-state index contributed by atoms with van der Waals surface area (Å²) in [6, 6.07) is 4.48. The number of aromatic amines is 1. The summed E-state index contributed by atoms with van der Waals surface area (Å²) in [5.41, 5.74) is 1.45. The fraction of sp³-hybridized carbons (Fsp3) is 0.357. The number of nitrogens with one attached hydrogen (secondary N) is 2. The maximum absolute atomic E-state index is 12.6. The van der Waals surface area contributed by atoms with E-state index in [1.807, 2.05) is 0 Å². The summed E-state index contributed by atoms with van der Waals surface area (Å²) < 4.78 is 58.0. The number of hydrogen-bond donors (Lipinski definition) is 2. The third kappa shape index (κ3) is 3.29. The van der Waals surface area contributed by atoms with Crippen molar-refractivity contribution >= 4 is 31.4 Å². The zero-order valence-corrected chi connectivity index (χ0v) is 15.5. The molecule has 2 aromatic rings. The second-order valence-corrected chi connectivity index (χ2v) is 9.26. The molecule has 0 spiro atoms. The minimum absolute atomic E-state index is 0.0869. The van der Waals surface area contributed by atoms with Crippen LogP contribution in [0.1, 0.15) is 11.4 Å². The second-order valence-electron chi connectivity index (χ2n) is 5.73. The van der Waals surface area contributed by atoms with Crippen molar-refractivity contribution in [2.45, 2.75) is 18.7 Å². The van der Waals surface area contributed by atoms with E-state index in [0.29, 0.717) is 22.8 Å². The van der Waals surface area contributed by atoms with Gasteiger partial charge in [0.25, 0.3) is 10.0 Å². The van der Waals surface area contributed by atoms with Crippen LogP contribution in [0.2, 0.25) is 0 Å². The van der Waals surface area contributed by atoms with Gasteiger partial charge in [0.2, 0.25) is 10.0 Å². The molecule has 0 atom stereocenters. The van der Waals surface area contributed by atoms with Crippen molar-refractivity contribution in [2.75, 3.05) is 28.4 Å². The normalized spacial score (nSPS) is 14.8. The Kier molecular flexibility index (Phi) is 4.15. The first-order chi connectivity index (χ1) is 11.6. The lowest BCUT2D eigenvalue weighted by molar-refractivity contribution is 0.316. The molecular weight excluding hydrogens is 368 g/mol. The predicted molar refractivity (Wildman–Crippen MR) is 93.0 cm³/mol. The monoisotopic (exact) mass is 386 g/mol. The average molecular weight is 386 g/mol. The van der Waals surface area contributed by atoms with Crippen molar-refractivity contribution in [1.29, 1.82) is 0 Å². The van der Waals surface area contributed by atoms with Crippen LogP contribution in [0, 0.1) is 13.8 Å². The number of anilines is 2. The molecule has 25 heavy (non-hydrogen) atoms. The molecule has 3 rings (SSSR count). The number of ether oxygens (including phenoxy) is 1. The first-order valence-electron chi connectivity index (χ1n) is 7.38. The van der Waals surface area contributed by atoms with Crippen molar-refractivity contribution in [3.05, 3.63) is 29.6 Å². The van der Waals surface area contributed by atoms with Crippen LogP contribution in [0.25, 0.3) is 0 Å². The lowest BCUT2D eigenvalue weighted by Gasteiger charge is -2.29. The van der Waals surface area contributed by atoms with E-state index in [1.165, 1.54) is 22.5 Å². The number of hydrogen-bond acceptors (Lipinski definition) is 6. The maximum atomic E-state index is 12.6. The first kappa shape index (κ1) is 17.5. The van der Waals surface area contributed by atoms with Crippen LogP contribution in [-0.4, -0.2) is 46.4 Å². The van der Waals surface area contributed by atoms with Crippen molar-refractivity contribution < 1.29 is 21.6 Å².